The fourth-order valence-corrected chi connectivity index (χ4v) is 3.92. The molecule has 0 fully saturated rings. The molecule has 0 unspecified atom stereocenters. The molecule has 4 aromatic rings. The molecule has 0 aliphatic heterocycles. The molecule has 0 saturated carbocycles. The number of hydrogen-bond acceptors (Lipinski definition) is 2. The third-order valence-corrected chi connectivity index (χ3v) is 5.55. The maximum atomic E-state index is 11.9. The van der Waals surface area contributed by atoms with Gasteiger partial charge in [0.05, 0.1) is 22.5 Å². The zero-order valence-corrected chi connectivity index (χ0v) is 17.4. The Bertz CT molecular complexity index is 1240. The first-order chi connectivity index (χ1) is 13.3. The van der Waals surface area contributed by atoms with E-state index >= 15 is 0 Å². The van der Waals surface area contributed by atoms with Crippen molar-refractivity contribution in [2.75, 3.05) is 0 Å². The van der Waals surface area contributed by atoms with Crippen LogP contribution in [0.1, 0.15) is 21.5 Å². The molecule has 2 aromatic heterocycles. The van der Waals surface area contributed by atoms with Gasteiger partial charge in [0.15, 0.2) is 0 Å². The van der Waals surface area contributed by atoms with E-state index in [9.17, 15) is 9.90 Å². The molecule has 0 saturated heterocycles. The normalized spacial score (nSPS) is 11.1. The second kappa shape index (κ2) is 6.91. The number of hydrogen-bond donors (Lipinski definition) is 1. The summed E-state index contributed by atoms with van der Waals surface area (Å²) in [6.07, 6.45) is 0. The maximum absolute atomic E-state index is 11.9. The summed E-state index contributed by atoms with van der Waals surface area (Å²) in [5.41, 5.74) is 7.06. The average Bonchev–Trinajstić information content (AvgIpc) is 3.04. The van der Waals surface area contributed by atoms with Gasteiger partial charge in [-0.2, -0.15) is 0 Å². The van der Waals surface area contributed by atoms with E-state index in [2.05, 4.69) is 58.6 Å². The predicted octanol–water partition coefficient (Wildman–Crippen LogP) is 5.98. The van der Waals surface area contributed by atoms with Gasteiger partial charge < -0.3 is 9.67 Å². The molecular formula is C23H19BrN2O2. The van der Waals surface area contributed by atoms with Gasteiger partial charge in [0.1, 0.15) is 0 Å². The summed E-state index contributed by atoms with van der Waals surface area (Å²) in [5, 5.41) is 10.3. The van der Waals surface area contributed by atoms with Crippen LogP contribution in [-0.4, -0.2) is 20.6 Å². The Morgan fingerprint density at radius 1 is 1.00 bits per heavy atom. The van der Waals surface area contributed by atoms with Crippen molar-refractivity contribution in [1.29, 1.82) is 0 Å². The molecule has 0 amide bonds. The van der Waals surface area contributed by atoms with Crippen LogP contribution in [0.5, 0.6) is 0 Å². The summed E-state index contributed by atoms with van der Waals surface area (Å²) in [7, 11) is 1.99. The molecule has 0 atom stereocenters. The minimum Gasteiger partial charge on any atom is -0.478 e. The Balaban J connectivity index is 1.92. The van der Waals surface area contributed by atoms with Crippen molar-refractivity contribution in [3.8, 4) is 22.6 Å². The van der Waals surface area contributed by atoms with Gasteiger partial charge >= 0.3 is 5.97 Å². The lowest BCUT2D eigenvalue weighted by Crippen LogP contribution is -2.02. The first-order valence-electron chi connectivity index (χ1n) is 8.92. The molecule has 2 heterocycles. The Morgan fingerprint density at radius 3 is 2.50 bits per heavy atom. The van der Waals surface area contributed by atoms with Crippen molar-refractivity contribution in [1.82, 2.24) is 9.55 Å². The first-order valence-corrected chi connectivity index (χ1v) is 9.72. The van der Waals surface area contributed by atoms with E-state index in [0.29, 0.717) is 16.6 Å². The van der Waals surface area contributed by atoms with Crippen LogP contribution in [0, 0.1) is 13.8 Å². The molecule has 140 valence electrons. The molecule has 0 aliphatic carbocycles. The minimum atomic E-state index is -0.962. The summed E-state index contributed by atoms with van der Waals surface area (Å²) in [5.74, 6) is -0.962. The van der Waals surface area contributed by atoms with Crippen LogP contribution in [0.15, 0.2) is 59.1 Å². The van der Waals surface area contributed by atoms with Crippen molar-refractivity contribution in [3.05, 3.63) is 75.8 Å². The summed E-state index contributed by atoms with van der Waals surface area (Å²) >= 11 is 3.41. The Morgan fingerprint density at radius 2 is 1.75 bits per heavy atom. The van der Waals surface area contributed by atoms with Gasteiger partial charge in [-0.3, -0.25) is 0 Å². The van der Waals surface area contributed by atoms with Crippen LogP contribution in [0.4, 0.5) is 0 Å². The fraction of sp³-hybridized carbons (Fsp3) is 0.130. The van der Waals surface area contributed by atoms with Crippen LogP contribution in [0.3, 0.4) is 0 Å². The zero-order valence-electron chi connectivity index (χ0n) is 15.8. The molecule has 5 heteroatoms. The van der Waals surface area contributed by atoms with Crippen molar-refractivity contribution in [2.24, 2.45) is 7.05 Å². The standard InChI is InChI=1S/C23H19BrN2O2/c1-13-4-5-14(2)16(10-13)21-8-9-22(26(21)3)20-12-18(23(27)28)17-11-15(24)6-7-19(17)25-20/h4-12H,1-3H3,(H,27,28). The van der Waals surface area contributed by atoms with Crippen molar-refractivity contribution < 1.29 is 9.90 Å². The lowest BCUT2D eigenvalue weighted by atomic mass is 10.0. The number of carbonyl (C=O) groups is 1. The van der Waals surface area contributed by atoms with Gasteiger partial charge in [0, 0.05) is 28.2 Å². The van der Waals surface area contributed by atoms with Crippen molar-refractivity contribution in [2.45, 2.75) is 13.8 Å². The van der Waals surface area contributed by atoms with Gasteiger partial charge in [0.25, 0.3) is 0 Å². The number of carboxylic acids is 1. The summed E-state index contributed by atoms with van der Waals surface area (Å²) in [4.78, 5) is 16.6. The summed E-state index contributed by atoms with van der Waals surface area (Å²) in [6, 6.07) is 17.6. The van der Waals surface area contributed by atoms with Gasteiger partial charge in [0.2, 0.25) is 0 Å². The summed E-state index contributed by atoms with van der Waals surface area (Å²) in [6.45, 7) is 4.17. The molecule has 2 aromatic carbocycles. The number of rotatable bonds is 3. The van der Waals surface area contributed by atoms with E-state index < -0.39 is 5.97 Å². The van der Waals surface area contributed by atoms with E-state index in [-0.39, 0.29) is 5.56 Å². The van der Waals surface area contributed by atoms with Crippen LogP contribution < -0.4 is 0 Å². The number of aryl methyl sites for hydroxylation is 2. The van der Waals surface area contributed by atoms with Gasteiger partial charge in [-0.25, -0.2) is 9.78 Å². The van der Waals surface area contributed by atoms with E-state index in [1.165, 1.54) is 11.1 Å². The Hall–Kier alpha value is -2.92. The highest BCUT2D eigenvalue weighted by atomic mass is 79.9. The summed E-state index contributed by atoms with van der Waals surface area (Å²) < 4.78 is 2.90. The average molecular weight is 435 g/mol. The van der Waals surface area contributed by atoms with E-state index in [0.717, 1.165) is 21.4 Å². The van der Waals surface area contributed by atoms with Crippen LogP contribution in [0.25, 0.3) is 33.5 Å². The molecule has 4 rings (SSSR count). The molecular weight excluding hydrogens is 416 g/mol. The topological polar surface area (TPSA) is 55.1 Å². The lowest BCUT2D eigenvalue weighted by molar-refractivity contribution is 0.0699. The number of aromatic carboxylic acids is 1. The molecule has 1 N–H and O–H groups in total. The monoisotopic (exact) mass is 434 g/mol. The second-order valence-corrected chi connectivity index (χ2v) is 7.92. The molecule has 0 bridgehead atoms. The number of pyridine rings is 1. The van der Waals surface area contributed by atoms with Crippen molar-refractivity contribution in [3.63, 3.8) is 0 Å². The van der Waals surface area contributed by atoms with E-state index in [1.54, 1.807) is 12.1 Å². The largest absolute Gasteiger partial charge is 0.478 e. The van der Waals surface area contributed by atoms with Crippen LogP contribution >= 0.6 is 15.9 Å². The Labute approximate surface area is 171 Å². The number of nitrogens with zero attached hydrogens (tertiary/aromatic N) is 2. The van der Waals surface area contributed by atoms with Crippen molar-refractivity contribution >= 4 is 32.8 Å². The Kier molecular flexibility index (Phi) is 4.55. The number of halogens is 1. The molecule has 0 spiro atoms. The molecule has 4 nitrogen and oxygen atoms in total. The number of benzene rings is 2. The lowest BCUT2D eigenvalue weighted by Gasteiger charge is -2.12. The second-order valence-electron chi connectivity index (χ2n) is 7.00. The van der Waals surface area contributed by atoms with Crippen LogP contribution in [-0.2, 0) is 7.05 Å². The first kappa shape index (κ1) is 18.4. The maximum Gasteiger partial charge on any atom is 0.336 e. The van der Waals surface area contributed by atoms with E-state index in [4.69, 9.17) is 4.98 Å². The highest BCUT2D eigenvalue weighted by Crippen LogP contribution is 2.32. The van der Waals surface area contributed by atoms with Gasteiger partial charge in [-0.1, -0.05) is 33.6 Å². The third-order valence-electron chi connectivity index (χ3n) is 5.05. The fourth-order valence-electron chi connectivity index (χ4n) is 3.56. The minimum absolute atomic E-state index is 0.246. The van der Waals surface area contributed by atoms with Crippen LogP contribution in [0.2, 0.25) is 0 Å². The highest BCUT2D eigenvalue weighted by molar-refractivity contribution is 9.10. The smallest absolute Gasteiger partial charge is 0.336 e. The van der Waals surface area contributed by atoms with Gasteiger partial charge in [-0.15, -0.1) is 0 Å². The third kappa shape index (κ3) is 3.12. The molecule has 28 heavy (non-hydrogen) atoms. The molecule has 0 aliphatic rings. The number of fused-ring (bicyclic) bond motifs is 1. The van der Waals surface area contributed by atoms with Gasteiger partial charge in [-0.05, 0) is 61.9 Å². The predicted molar refractivity (Wildman–Crippen MR) is 116 cm³/mol. The quantitative estimate of drug-likeness (QED) is 0.431. The number of aromatic nitrogens is 2. The molecule has 0 radical (unpaired) electrons. The highest BCUT2D eigenvalue weighted by Gasteiger charge is 2.17. The SMILES string of the molecule is Cc1ccc(C)c(-c2ccc(-c3cc(C(=O)O)c4cc(Br)ccc4n3)n2C)c1. The zero-order chi connectivity index (χ0) is 20.0. The van der Waals surface area contributed by atoms with E-state index in [1.807, 2.05) is 25.2 Å². The number of carboxylic acid groups (broad SMARTS) is 1.